The zero-order valence-corrected chi connectivity index (χ0v) is 7.84. The van der Waals surface area contributed by atoms with Crippen molar-refractivity contribution in [2.45, 2.75) is 32.6 Å². The third-order valence-corrected chi connectivity index (χ3v) is 2.67. The maximum Gasteiger partial charge on any atom is 0.163 e. The van der Waals surface area contributed by atoms with Gasteiger partial charge in [0.2, 0.25) is 0 Å². The molecule has 0 radical (unpaired) electrons. The molecule has 2 N–H and O–H groups in total. The molecule has 0 aliphatic heterocycles. The van der Waals surface area contributed by atoms with Crippen molar-refractivity contribution in [2.24, 2.45) is 11.1 Å². The summed E-state index contributed by atoms with van der Waals surface area (Å²) < 4.78 is 0. The van der Waals surface area contributed by atoms with E-state index in [1.165, 1.54) is 6.08 Å². The van der Waals surface area contributed by atoms with Crippen LogP contribution in [0.2, 0.25) is 0 Å². The van der Waals surface area contributed by atoms with Gasteiger partial charge in [-0.05, 0) is 19.3 Å². The Balaban J connectivity index is 2.71. The molecule has 0 unspecified atom stereocenters. The monoisotopic (exact) mass is 178 g/mol. The Labute approximate surface area is 78.2 Å². The van der Waals surface area contributed by atoms with E-state index < -0.39 is 0 Å². The average molecular weight is 178 g/mol. The molecule has 3 heteroatoms. The summed E-state index contributed by atoms with van der Waals surface area (Å²) in [4.78, 5) is 11.6. The van der Waals surface area contributed by atoms with Crippen LogP contribution < -0.4 is 5.73 Å². The van der Waals surface area contributed by atoms with Crippen LogP contribution in [0.15, 0.2) is 11.8 Å². The molecule has 3 nitrogen and oxygen atoms in total. The van der Waals surface area contributed by atoms with Gasteiger partial charge in [0.05, 0.1) is 6.07 Å². The summed E-state index contributed by atoms with van der Waals surface area (Å²) in [6, 6.07) is 2.07. The van der Waals surface area contributed by atoms with Crippen LogP contribution in [-0.2, 0) is 4.79 Å². The standard InChI is InChI=1S/C10H14N2O/c1-10(4-2-6-11)5-3-8(12)7-9(10)13/h7H,2-5,12H2,1H3/t10-/m0/s1. The van der Waals surface area contributed by atoms with E-state index in [1.54, 1.807) is 0 Å². The van der Waals surface area contributed by atoms with Crippen molar-refractivity contribution >= 4 is 5.78 Å². The highest BCUT2D eigenvalue weighted by molar-refractivity contribution is 5.95. The lowest BCUT2D eigenvalue weighted by atomic mass is 9.74. The number of nitrogens with two attached hydrogens (primary N) is 1. The molecule has 1 rings (SSSR count). The van der Waals surface area contributed by atoms with E-state index in [1.807, 2.05) is 6.92 Å². The van der Waals surface area contributed by atoms with E-state index in [4.69, 9.17) is 11.0 Å². The van der Waals surface area contributed by atoms with Gasteiger partial charge in [-0.1, -0.05) is 6.92 Å². The van der Waals surface area contributed by atoms with Crippen LogP contribution in [0, 0.1) is 16.7 Å². The van der Waals surface area contributed by atoms with Crippen LogP contribution in [0.5, 0.6) is 0 Å². The van der Waals surface area contributed by atoms with Crippen molar-refractivity contribution in [2.75, 3.05) is 0 Å². The smallest absolute Gasteiger partial charge is 0.163 e. The van der Waals surface area contributed by atoms with Gasteiger partial charge in [-0.25, -0.2) is 0 Å². The van der Waals surface area contributed by atoms with Gasteiger partial charge in [0.25, 0.3) is 0 Å². The molecule has 1 aliphatic rings. The summed E-state index contributed by atoms with van der Waals surface area (Å²) in [7, 11) is 0. The van der Waals surface area contributed by atoms with Crippen LogP contribution in [0.25, 0.3) is 0 Å². The number of hydrogen-bond acceptors (Lipinski definition) is 3. The van der Waals surface area contributed by atoms with Gasteiger partial charge in [-0.2, -0.15) is 5.26 Å². The minimum Gasteiger partial charge on any atom is -0.402 e. The number of carbonyl (C=O) groups is 1. The molecule has 0 aromatic carbocycles. The minimum atomic E-state index is -0.349. The topological polar surface area (TPSA) is 66.9 Å². The maximum absolute atomic E-state index is 11.6. The molecule has 0 heterocycles. The molecule has 70 valence electrons. The fourth-order valence-electron chi connectivity index (χ4n) is 1.54. The Hall–Kier alpha value is -1.30. The van der Waals surface area contributed by atoms with Crippen molar-refractivity contribution in [3.8, 4) is 6.07 Å². The highest BCUT2D eigenvalue weighted by Gasteiger charge is 2.33. The Morgan fingerprint density at radius 3 is 3.00 bits per heavy atom. The number of ketones is 1. The number of hydrogen-bond donors (Lipinski definition) is 1. The molecule has 1 atom stereocenters. The fourth-order valence-corrected chi connectivity index (χ4v) is 1.54. The third-order valence-electron chi connectivity index (χ3n) is 2.67. The van der Waals surface area contributed by atoms with Crippen LogP contribution in [-0.4, -0.2) is 5.78 Å². The van der Waals surface area contributed by atoms with Gasteiger partial charge >= 0.3 is 0 Å². The van der Waals surface area contributed by atoms with Crippen LogP contribution in [0.4, 0.5) is 0 Å². The lowest BCUT2D eigenvalue weighted by Gasteiger charge is -2.29. The zero-order valence-electron chi connectivity index (χ0n) is 7.84. The predicted molar refractivity (Wildman–Crippen MR) is 49.5 cm³/mol. The van der Waals surface area contributed by atoms with Crippen molar-refractivity contribution in [1.29, 1.82) is 5.26 Å². The van der Waals surface area contributed by atoms with Gasteiger partial charge < -0.3 is 5.73 Å². The number of nitrogens with zero attached hydrogens (tertiary/aromatic N) is 1. The largest absolute Gasteiger partial charge is 0.402 e. The molecule has 0 spiro atoms. The van der Waals surface area contributed by atoms with E-state index >= 15 is 0 Å². The molecule has 0 saturated carbocycles. The van der Waals surface area contributed by atoms with Crippen molar-refractivity contribution in [3.63, 3.8) is 0 Å². The molecular formula is C10H14N2O. The highest BCUT2D eigenvalue weighted by Crippen LogP contribution is 2.34. The maximum atomic E-state index is 11.6. The lowest BCUT2D eigenvalue weighted by molar-refractivity contribution is -0.124. The molecule has 0 aromatic heterocycles. The number of carbonyl (C=O) groups excluding carboxylic acids is 1. The summed E-state index contributed by atoms with van der Waals surface area (Å²) in [5, 5.41) is 8.45. The normalized spacial score (nSPS) is 28.0. The third kappa shape index (κ3) is 2.09. The molecular weight excluding hydrogens is 164 g/mol. The average Bonchev–Trinajstić information content (AvgIpc) is 2.09. The molecule has 0 amide bonds. The van der Waals surface area contributed by atoms with Gasteiger partial charge in [0, 0.05) is 23.6 Å². The van der Waals surface area contributed by atoms with Gasteiger partial charge in [0.15, 0.2) is 5.78 Å². The first kappa shape index (κ1) is 9.79. The summed E-state index contributed by atoms with van der Waals surface area (Å²) in [5.41, 5.74) is 5.87. The SMILES string of the molecule is C[C@]1(CCC#N)CCC(N)=CC1=O. The molecule has 1 aliphatic carbocycles. The first-order valence-electron chi connectivity index (χ1n) is 4.46. The molecule has 0 fully saturated rings. The Morgan fingerprint density at radius 2 is 2.46 bits per heavy atom. The van der Waals surface area contributed by atoms with E-state index in [0.29, 0.717) is 18.5 Å². The van der Waals surface area contributed by atoms with E-state index in [2.05, 4.69) is 6.07 Å². The number of rotatable bonds is 2. The Morgan fingerprint density at radius 1 is 1.77 bits per heavy atom. The predicted octanol–water partition coefficient (Wildman–Crippen LogP) is 1.50. The first-order chi connectivity index (χ1) is 6.08. The molecule has 0 saturated heterocycles. The second-order valence-electron chi connectivity index (χ2n) is 3.80. The van der Waals surface area contributed by atoms with Crippen LogP contribution >= 0.6 is 0 Å². The van der Waals surface area contributed by atoms with Crippen molar-refractivity contribution < 1.29 is 4.79 Å². The second kappa shape index (κ2) is 3.61. The van der Waals surface area contributed by atoms with Crippen molar-refractivity contribution in [3.05, 3.63) is 11.8 Å². The Bertz CT molecular complexity index is 288. The summed E-state index contributed by atoms with van der Waals surface area (Å²) in [6.07, 6.45) is 4.15. The van der Waals surface area contributed by atoms with E-state index in [-0.39, 0.29) is 11.2 Å². The molecule has 0 aromatic rings. The quantitative estimate of drug-likeness (QED) is 0.696. The summed E-state index contributed by atoms with van der Waals surface area (Å²) in [5.74, 6) is 0.0755. The van der Waals surface area contributed by atoms with Crippen LogP contribution in [0.3, 0.4) is 0 Å². The Kier molecular flexibility index (Phi) is 2.72. The summed E-state index contributed by atoms with van der Waals surface area (Å²) >= 11 is 0. The second-order valence-corrected chi connectivity index (χ2v) is 3.80. The number of nitriles is 1. The molecule has 13 heavy (non-hydrogen) atoms. The molecule has 0 bridgehead atoms. The minimum absolute atomic E-state index is 0.0755. The van der Waals surface area contributed by atoms with Gasteiger partial charge in [-0.3, -0.25) is 4.79 Å². The lowest BCUT2D eigenvalue weighted by Crippen LogP contribution is -2.31. The highest BCUT2D eigenvalue weighted by atomic mass is 16.1. The van der Waals surface area contributed by atoms with Crippen molar-refractivity contribution in [1.82, 2.24) is 0 Å². The van der Waals surface area contributed by atoms with E-state index in [9.17, 15) is 4.79 Å². The van der Waals surface area contributed by atoms with Gasteiger partial charge in [-0.15, -0.1) is 0 Å². The van der Waals surface area contributed by atoms with E-state index in [0.717, 1.165) is 12.8 Å². The number of allylic oxidation sites excluding steroid dienone is 2. The fraction of sp³-hybridized carbons (Fsp3) is 0.600. The van der Waals surface area contributed by atoms with Gasteiger partial charge in [0.1, 0.15) is 0 Å². The zero-order chi connectivity index (χ0) is 9.90. The summed E-state index contributed by atoms with van der Waals surface area (Å²) in [6.45, 7) is 1.91. The van der Waals surface area contributed by atoms with Crippen LogP contribution in [0.1, 0.15) is 32.6 Å². The first-order valence-corrected chi connectivity index (χ1v) is 4.46.